The zero-order valence-corrected chi connectivity index (χ0v) is 20.0. The SMILES string of the molecule is Cc1ccc(-n2c(O)c(N=Nc3cccc(-c4ccc(F)c(C(=O)O)c4)c3O)c3ccccc32)cc1C. The first-order valence-electron chi connectivity index (χ1n) is 11.4. The Kier molecular flexibility index (Phi) is 5.93. The summed E-state index contributed by atoms with van der Waals surface area (Å²) in [5.41, 5.74) is 4.11. The minimum absolute atomic E-state index is 0.0983. The van der Waals surface area contributed by atoms with Crippen LogP contribution in [-0.4, -0.2) is 25.9 Å². The normalized spacial score (nSPS) is 11.4. The summed E-state index contributed by atoms with van der Waals surface area (Å²) in [5.74, 6) is -2.65. The molecule has 0 radical (unpaired) electrons. The van der Waals surface area contributed by atoms with Crippen LogP contribution in [0.3, 0.4) is 0 Å². The summed E-state index contributed by atoms with van der Waals surface area (Å²) in [6.07, 6.45) is 0. The van der Waals surface area contributed by atoms with E-state index in [-0.39, 0.29) is 28.6 Å². The molecule has 8 heteroatoms. The number of azo groups is 1. The van der Waals surface area contributed by atoms with Gasteiger partial charge in [-0.2, -0.15) is 0 Å². The monoisotopic (exact) mass is 495 g/mol. The highest BCUT2D eigenvalue weighted by molar-refractivity contribution is 5.96. The molecule has 0 aliphatic carbocycles. The summed E-state index contributed by atoms with van der Waals surface area (Å²) in [5, 5.41) is 40.4. The fourth-order valence-corrected chi connectivity index (χ4v) is 4.24. The highest BCUT2D eigenvalue weighted by Gasteiger charge is 2.19. The average molecular weight is 496 g/mol. The van der Waals surface area contributed by atoms with Gasteiger partial charge in [-0.25, -0.2) is 9.18 Å². The first kappa shape index (κ1) is 23.7. The van der Waals surface area contributed by atoms with Gasteiger partial charge in [0.1, 0.15) is 11.5 Å². The number of benzene rings is 4. The molecule has 0 spiro atoms. The molecule has 0 fully saturated rings. The zero-order valence-electron chi connectivity index (χ0n) is 20.0. The Labute approximate surface area is 211 Å². The molecule has 184 valence electrons. The number of para-hydroxylation sites is 2. The molecule has 0 amide bonds. The van der Waals surface area contributed by atoms with Crippen LogP contribution in [0.4, 0.5) is 15.8 Å². The van der Waals surface area contributed by atoms with E-state index >= 15 is 0 Å². The molecule has 0 atom stereocenters. The Hall–Kier alpha value is -4.98. The van der Waals surface area contributed by atoms with Crippen molar-refractivity contribution in [3.05, 3.63) is 101 Å². The van der Waals surface area contributed by atoms with E-state index in [2.05, 4.69) is 10.2 Å². The molecular formula is C29H22FN3O4. The third kappa shape index (κ3) is 4.18. The van der Waals surface area contributed by atoms with Gasteiger partial charge in [-0.05, 0) is 66.9 Å². The molecule has 0 aliphatic rings. The number of phenolic OH excluding ortho intramolecular Hbond substituents is 1. The molecule has 0 unspecified atom stereocenters. The first-order valence-corrected chi connectivity index (χ1v) is 11.4. The third-order valence-electron chi connectivity index (χ3n) is 6.35. The number of hydrogen-bond acceptors (Lipinski definition) is 5. The molecule has 5 aromatic rings. The van der Waals surface area contributed by atoms with Gasteiger partial charge in [0, 0.05) is 16.6 Å². The van der Waals surface area contributed by atoms with E-state index in [1.165, 1.54) is 12.1 Å². The van der Waals surface area contributed by atoms with Crippen molar-refractivity contribution >= 4 is 28.2 Å². The second kappa shape index (κ2) is 9.23. The maximum absolute atomic E-state index is 13.9. The van der Waals surface area contributed by atoms with E-state index in [0.717, 1.165) is 34.5 Å². The van der Waals surface area contributed by atoms with Gasteiger partial charge in [0.2, 0.25) is 5.88 Å². The Morgan fingerprint density at radius 2 is 1.65 bits per heavy atom. The standard InChI is InChI=1S/C29H22FN3O4/c1-16-10-12-19(14-17(16)2)33-25-9-4-3-6-21(25)26(28(33)35)32-31-24-8-5-7-20(27(24)34)18-11-13-23(30)22(15-18)29(36)37/h3-15,34-35H,1-2H3,(H,36,37). The number of carboxylic acids is 1. The van der Waals surface area contributed by atoms with Crippen LogP contribution in [0.25, 0.3) is 27.7 Å². The van der Waals surface area contributed by atoms with E-state index in [1.807, 2.05) is 56.3 Å². The van der Waals surface area contributed by atoms with Crippen LogP contribution in [0.15, 0.2) is 89.1 Å². The van der Waals surface area contributed by atoms with Crippen molar-refractivity contribution in [1.82, 2.24) is 4.57 Å². The fraction of sp³-hybridized carbons (Fsp3) is 0.0690. The topological polar surface area (TPSA) is 107 Å². The number of nitrogens with zero attached hydrogens (tertiary/aromatic N) is 3. The van der Waals surface area contributed by atoms with E-state index in [4.69, 9.17) is 0 Å². The number of halogens is 1. The van der Waals surface area contributed by atoms with E-state index in [0.29, 0.717) is 10.9 Å². The van der Waals surface area contributed by atoms with E-state index in [9.17, 15) is 24.5 Å². The van der Waals surface area contributed by atoms with Gasteiger partial charge in [-0.15, -0.1) is 10.2 Å². The van der Waals surface area contributed by atoms with Crippen molar-refractivity contribution in [3.63, 3.8) is 0 Å². The van der Waals surface area contributed by atoms with Crippen LogP contribution >= 0.6 is 0 Å². The fourth-order valence-electron chi connectivity index (χ4n) is 4.24. The van der Waals surface area contributed by atoms with Crippen molar-refractivity contribution in [2.45, 2.75) is 13.8 Å². The molecule has 0 aliphatic heterocycles. The summed E-state index contributed by atoms with van der Waals surface area (Å²) in [4.78, 5) is 11.3. The maximum atomic E-state index is 13.9. The second-order valence-electron chi connectivity index (χ2n) is 8.67. The third-order valence-corrected chi connectivity index (χ3v) is 6.35. The summed E-state index contributed by atoms with van der Waals surface area (Å²) in [6.45, 7) is 4.01. The molecular weight excluding hydrogens is 473 g/mol. The lowest BCUT2D eigenvalue weighted by atomic mass is 10.0. The number of carbonyl (C=O) groups is 1. The molecule has 0 bridgehead atoms. The van der Waals surface area contributed by atoms with Gasteiger partial charge < -0.3 is 15.3 Å². The van der Waals surface area contributed by atoms with Gasteiger partial charge in [-0.1, -0.05) is 42.5 Å². The van der Waals surface area contributed by atoms with E-state index in [1.54, 1.807) is 16.7 Å². The lowest BCUT2D eigenvalue weighted by molar-refractivity contribution is 0.0692. The van der Waals surface area contributed by atoms with Crippen molar-refractivity contribution in [2.75, 3.05) is 0 Å². The molecule has 3 N–H and O–H groups in total. The smallest absolute Gasteiger partial charge is 0.338 e. The van der Waals surface area contributed by atoms with Gasteiger partial charge >= 0.3 is 5.97 Å². The highest BCUT2D eigenvalue weighted by atomic mass is 19.1. The second-order valence-corrected chi connectivity index (χ2v) is 8.67. The predicted molar refractivity (Wildman–Crippen MR) is 139 cm³/mol. The molecule has 37 heavy (non-hydrogen) atoms. The summed E-state index contributed by atoms with van der Waals surface area (Å²) >= 11 is 0. The van der Waals surface area contributed by atoms with Gasteiger partial charge in [0.05, 0.1) is 11.1 Å². The first-order chi connectivity index (χ1) is 17.8. The number of aromatic nitrogens is 1. The molecule has 7 nitrogen and oxygen atoms in total. The van der Waals surface area contributed by atoms with Crippen LogP contribution < -0.4 is 0 Å². The zero-order chi connectivity index (χ0) is 26.3. The minimum atomic E-state index is -1.41. The lowest BCUT2D eigenvalue weighted by Gasteiger charge is -2.09. The van der Waals surface area contributed by atoms with Crippen molar-refractivity contribution in [2.24, 2.45) is 10.2 Å². The number of phenols is 1. The number of carboxylic acid groups (broad SMARTS) is 1. The quantitative estimate of drug-likeness (QED) is 0.218. The van der Waals surface area contributed by atoms with Gasteiger partial charge in [0.15, 0.2) is 11.4 Å². The number of aryl methyl sites for hydroxylation is 2. The summed E-state index contributed by atoms with van der Waals surface area (Å²) in [6, 6.07) is 21.5. The van der Waals surface area contributed by atoms with Crippen LogP contribution in [-0.2, 0) is 0 Å². The number of hydrogen-bond donors (Lipinski definition) is 3. The number of rotatable bonds is 5. The van der Waals surface area contributed by atoms with Crippen molar-refractivity contribution in [3.8, 4) is 28.4 Å². The predicted octanol–water partition coefficient (Wildman–Crippen LogP) is 7.58. The van der Waals surface area contributed by atoms with Crippen molar-refractivity contribution in [1.29, 1.82) is 0 Å². The molecule has 0 saturated carbocycles. The Morgan fingerprint density at radius 3 is 2.41 bits per heavy atom. The number of aromatic carboxylic acids is 1. The average Bonchev–Trinajstić information content (AvgIpc) is 3.16. The molecule has 1 aromatic heterocycles. The maximum Gasteiger partial charge on any atom is 0.338 e. The summed E-state index contributed by atoms with van der Waals surface area (Å²) < 4.78 is 15.5. The molecule has 5 rings (SSSR count). The summed E-state index contributed by atoms with van der Waals surface area (Å²) in [7, 11) is 0. The Morgan fingerprint density at radius 1 is 0.865 bits per heavy atom. The number of aromatic hydroxyl groups is 2. The van der Waals surface area contributed by atoms with Crippen LogP contribution in [0.1, 0.15) is 21.5 Å². The molecule has 4 aromatic carbocycles. The van der Waals surface area contributed by atoms with Crippen LogP contribution in [0.2, 0.25) is 0 Å². The van der Waals surface area contributed by atoms with Crippen molar-refractivity contribution < 1.29 is 24.5 Å². The highest BCUT2D eigenvalue weighted by Crippen LogP contribution is 2.43. The Bertz CT molecular complexity index is 1720. The molecule has 1 heterocycles. The van der Waals surface area contributed by atoms with Crippen LogP contribution in [0.5, 0.6) is 11.6 Å². The Balaban J connectivity index is 1.60. The van der Waals surface area contributed by atoms with Gasteiger partial charge in [-0.3, -0.25) is 4.57 Å². The van der Waals surface area contributed by atoms with E-state index < -0.39 is 17.3 Å². The van der Waals surface area contributed by atoms with Gasteiger partial charge in [0.25, 0.3) is 0 Å². The van der Waals surface area contributed by atoms with Crippen LogP contribution in [0, 0.1) is 19.7 Å². The minimum Gasteiger partial charge on any atom is -0.505 e. The molecule has 0 saturated heterocycles. The lowest BCUT2D eigenvalue weighted by Crippen LogP contribution is -2.00. The number of fused-ring (bicyclic) bond motifs is 1. The largest absolute Gasteiger partial charge is 0.505 e.